The highest BCUT2D eigenvalue weighted by atomic mass is 32.2. The van der Waals surface area contributed by atoms with E-state index in [1.165, 1.54) is 4.31 Å². The summed E-state index contributed by atoms with van der Waals surface area (Å²) >= 11 is 0. The third-order valence-corrected chi connectivity index (χ3v) is 6.29. The van der Waals surface area contributed by atoms with E-state index in [1.807, 2.05) is 17.7 Å². The highest BCUT2D eigenvalue weighted by Crippen LogP contribution is 2.25. The number of aryl methyl sites for hydroxylation is 1. The molecule has 7 nitrogen and oxygen atoms in total. The minimum atomic E-state index is -3.51. The molecule has 126 valence electrons. The molecule has 0 saturated carbocycles. The maximum atomic E-state index is 12.9. The fourth-order valence-electron chi connectivity index (χ4n) is 3.00. The average Bonchev–Trinajstić information content (AvgIpc) is 3.23. The van der Waals surface area contributed by atoms with E-state index in [2.05, 4.69) is 4.98 Å². The quantitative estimate of drug-likeness (QED) is 0.802. The highest BCUT2D eigenvalue weighted by Gasteiger charge is 2.37. The standard InChI is InChI=1S/C15H22N4O3S/c1-13-16-7-9-18(13)11-14-5-3-8-19(14)23(20,21)17(2)12-15-6-4-10-22-15/h4,6-7,9-10,14H,3,5,8,11-12H2,1-2H3/t14-/m1/s1. The lowest BCUT2D eigenvalue weighted by atomic mass is 10.2. The van der Waals surface area contributed by atoms with Crippen LogP contribution in [0.1, 0.15) is 24.4 Å². The number of hydrogen-bond donors (Lipinski definition) is 0. The van der Waals surface area contributed by atoms with Crippen molar-refractivity contribution in [3.8, 4) is 0 Å². The van der Waals surface area contributed by atoms with Crippen LogP contribution in [0.15, 0.2) is 35.2 Å². The first-order chi connectivity index (χ1) is 11.0. The van der Waals surface area contributed by atoms with Crippen molar-refractivity contribution >= 4 is 10.2 Å². The molecule has 3 rings (SSSR count). The van der Waals surface area contributed by atoms with Gasteiger partial charge in [0.1, 0.15) is 11.6 Å². The Labute approximate surface area is 136 Å². The van der Waals surface area contributed by atoms with Gasteiger partial charge in [-0.15, -0.1) is 0 Å². The lowest BCUT2D eigenvalue weighted by Gasteiger charge is -2.28. The molecule has 0 amide bonds. The van der Waals surface area contributed by atoms with Gasteiger partial charge >= 0.3 is 0 Å². The second-order valence-electron chi connectivity index (χ2n) is 5.88. The third kappa shape index (κ3) is 3.34. The summed E-state index contributed by atoms with van der Waals surface area (Å²) in [5.74, 6) is 1.54. The van der Waals surface area contributed by atoms with Gasteiger partial charge in [-0.25, -0.2) is 4.98 Å². The van der Waals surface area contributed by atoms with Crippen LogP contribution in [0.5, 0.6) is 0 Å². The van der Waals surface area contributed by atoms with E-state index >= 15 is 0 Å². The number of nitrogens with zero attached hydrogens (tertiary/aromatic N) is 4. The molecule has 0 spiro atoms. The van der Waals surface area contributed by atoms with Crippen LogP contribution >= 0.6 is 0 Å². The van der Waals surface area contributed by atoms with Crippen molar-refractivity contribution in [1.82, 2.24) is 18.2 Å². The van der Waals surface area contributed by atoms with E-state index in [-0.39, 0.29) is 12.6 Å². The summed E-state index contributed by atoms with van der Waals surface area (Å²) in [5, 5.41) is 0. The van der Waals surface area contributed by atoms with Crippen LogP contribution in [-0.2, 0) is 23.3 Å². The van der Waals surface area contributed by atoms with Gasteiger partial charge in [0, 0.05) is 38.6 Å². The molecule has 1 aliphatic rings. The van der Waals surface area contributed by atoms with Crippen molar-refractivity contribution in [1.29, 1.82) is 0 Å². The predicted molar refractivity (Wildman–Crippen MR) is 85.8 cm³/mol. The fourth-order valence-corrected chi connectivity index (χ4v) is 4.56. The van der Waals surface area contributed by atoms with E-state index in [9.17, 15) is 8.42 Å². The van der Waals surface area contributed by atoms with Crippen LogP contribution < -0.4 is 0 Å². The molecule has 3 heterocycles. The van der Waals surface area contributed by atoms with Crippen molar-refractivity contribution < 1.29 is 12.8 Å². The Hall–Kier alpha value is -1.64. The summed E-state index contributed by atoms with van der Waals surface area (Å²) < 4.78 is 36.0. The van der Waals surface area contributed by atoms with Crippen molar-refractivity contribution in [2.75, 3.05) is 13.6 Å². The van der Waals surface area contributed by atoms with Crippen molar-refractivity contribution in [3.63, 3.8) is 0 Å². The Bertz CT molecular complexity index is 739. The summed E-state index contributed by atoms with van der Waals surface area (Å²) in [5.41, 5.74) is 0. The number of imidazole rings is 1. The third-order valence-electron chi connectivity index (χ3n) is 4.30. The first-order valence-corrected chi connectivity index (χ1v) is 9.11. The Balaban J connectivity index is 1.74. The van der Waals surface area contributed by atoms with Gasteiger partial charge in [-0.1, -0.05) is 0 Å². The van der Waals surface area contributed by atoms with Gasteiger partial charge in [0.2, 0.25) is 0 Å². The zero-order valence-electron chi connectivity index (χ0n) is 13.4. The Morgan fingerprint density at radius 3 is 2.96 bits per heavy atom. The first kappa shape index (κ1) is 16.2. The van der Waals surface area contributed by atoms with Gasteiger partial charge in [0.05, 0.1) is 12.8 Å². The largest absolute Gasteiger partial charge is 0.468 e. The number of aromatic nitrogens is 2. The monoisotopic (exact) mass is 338 g/mol. The summed E-state index contributed by atoms with van der Waals surface area (Å²) in [4.78, 5) is 4.20. The zero-order chi connectivity index (χ0) is 16.4. The lowest BCUT2D eigenvalue weighted by molar-refractivity contribution is 0.309. The molecular formula is C15H22N4O3S. The molecule has 1 fully saturated rings. The molecular weight excluding hydrogens is 316 g/mol. The molecule has 1 saturated heterocycles. The normalized spacial score (nSPS) is 19.7. The maximum Gasteiger partial charge on any atom is 0.282 e. The van der Waals surface area contributed by atoms with Crippen LogP contribution in [0.2, 0.25) is 0 Å². The van der Waals surface area contributed by atoms with E-state index in [1.54, 1.807) is 35.9 Å². The summed E-state index contributed by atoms with van der Waals surface area (Å²) in [6.45, 7) is 3.36. The molecule has 1 atom stereocenters. The van der Waals surface area contributed by atoms with Crippen molar-refractivity contribution in [2.24, 2.45) is 0 Å². The highest BCUT2D eigenvalue weighted by molar-refractivity contribution is 7.86. The van der Waals surface area contributed by atoms with Gasteiger partial charge in [0.25, 0.3) is 10.2 Å². The zero-order valence-corrected chi connectivity index (χ0v) is 14.2. The molecule has 0 unspecified atom stereocenters. The summed E-state index contributed by atoms with van der Waals surface area (Å²) in [6.07, 6.45) is 6.94. The molecule has 0 N–H and O–H groups in total. The smallest absolute Gasteiger partial charge is 0.282 e. The second-order valence-corrected chi connectivity index (χ2v) is 7.86. The summed E-state index contributed by atoms with van der Waals surface area (Å²) in [6, 6.07) is 3.51. The molecule has 0 aromatic carbocycles. The van der Waals surface area contributed by atoms with E-state index in [4.69, 9.17) is 4.42 Å². The molecule has 0 radical (unpaired) electrons. The molecule has 2 aromatic rings. The fraction of sp³-hybridized carbons (Fsp3) is 0.533. The number of rotatable bonds is 6. The van der Waals surface area contributed by atoms with Crippen LogP contribution in [0.25, 0.3) is 0 Å². The van der Waals surface area contributed by atoms with Gasteiger partial charge < -0.3 is 8.98 Å². The topological polar surface area (TPSA) is 71.6 Å². The average molecular weight is 338 g/mol. The SMILES string of the molecule is Cc1nccn1C[C@H]1CCCN1S(=O)(=O)N(C)Cc1ccco1. The number of hydrogen-bond acceptors (Lipinski definition) is 4. The van der Waals surface area contributed by atoms with Crippen molar-refractivity contribution in [2.45, 2.75) is 38.9 Å². The predicted octanol–water partition coefficient (Wildman–Crippen LogP) is 1.63. The number of furan rings is 1. The molecule has 23 heavy (non-hydrogen) atoms. The van der Waals surface area contributed by atoms with Gasteiger partial charge in [-0.3, -0.25) is 0 Å². The second kappa shape index (κ2) is 6.46. The van der Waals surface area contributed by atoms with Gasteiger partial charge in [-0.2, -0.15) is 17.0 Å². The molecule has 0 aliphatic carbocycles. The van der Waals surface area contributed by atoms with Gasteiger partial charge in [0.15, 0.2) is 0 Å². The molecule has 8 heteroatoms. The Morgan fingerprint density at radius 2 is 2.30 bits per heavy atom. The van der Waals surface area contributed by atoms with Crippen LogP contribution in [0.3, 0.4) is 0 Å². The first-order valence-electron chi connectivity index (χ1n) is 7.71. The molecule has 2 aromatic heterocycles. The van der Waals surface area contributed by atoms with Crippen LogP contribution in [0.4, 0.5) is 0 Å². The molecule has 0 bridgehead atoms. The maximum absolute atomic E-state index is 12.9. The Morgan fingerprint density at radius 1 is 1.48 bits per heavy atom. The Kier molecular flexibility index (Phi) is 4.56. The minimum Gasteiger partial charge on any atom is -0.468 e. The molecule has 1 aliphatic heterocycles. The lowest BCUT2D eigenvalue weighted by Crippen LogP contribution is -2.45. The minimum absolute atomic E-state index is 0.0352. The van der Waals surface area contributed by atoms with Crippen LogP contribution in [0, 0.1) is 6.92 Å². The van der Waals surface area contributed by atoms with Crippen molar-refractivity contribution in [3.05, 3.63) is 42.4 Å². The van der Waals surface area contributed by atoms with E-state index in [0.29, 0.717) is 18.8 Å². The van der Waals surface area contributed by atoms with E-state index < -0.39 is 10.2 Å². The van der Waals surface area contributed by atoms with Crippen LogP contribution in [-0.4, -0.2) is 46.2 Å². The van der Waals surface area contributed by atoms with E-state index in [0.717, 1.165) is 18.7 Å². The van der Waals surface area contributed by atoms with Gasteiger partial charge in [-0.05, 0) is 31.9 Å². The summed E-state index contributed by atoms with van der Waals surface area (Å²) in [7, 11) is -1.91.